The van der Waals surface area contributed by atoms with Gasteiger partial charge in [-0.05, 0) is 36.6 Å². The third-order valence-corrected chi connectivity index (χ3v) is 6.26. The molecule has 0 fully saturated rings. The number of carboxylic acids is 1. The molecule has 0 atom stereocenters. The number of carbonyl (C=O) groups is 2. The van der Waals surface area contributed by atoms with Crippen LogP contribution in [0.3, 0.4) is 0 Å². The molecule has 11 heteroatoms. The third kappa shape index (κ3) is 7.14. The van der Waals surface area contributed by atoms with Gasteiger partial charge in [-0.2, -0.15) is 0 Å². The number of hydrogen-bond donors (Lipinski definition) is 2. The van der Waals surface area contributed by atoms with Crippen LogP contribution in [0.25, 0.3) is 17.3 Å². The molecular formula is C27H28F2N2O6S. The van der Waals surface area contributed by atoms with Crippen LogP contribution in [0.5, 0.6) is 5.75 Å². The average Bonchev–Trinajstić information content (AvgIpc) is 3.35. The molecule has 3 aromatic rings. The highest BCUT2D eigenvalue weighted by atomic mass is 32.1. The zero-order valence-corrected chi connectivity index (χ0v) is 22.0. The molecule has 8 nitrogen and oxygen atoms in total. The van der Waals surface area contributed by atoms with Crippen LogP contribution in [-0.4, -0.2) is 49.4 Å². The Morgan fingerprint density at radius 1 is 1.16 bits per heavy atom. The maximum Gasteiger partial charge on any atom is 0.371 e. The first-order chi connectivity index (χ1) is 18.3. The lowest BCUT2D eigenvalue weighted by Crippen LogP contribution is -2.13. The van der Waals surface area contributed by atoms with Crippen LogP contribution in [0.15, 0.2) is 41.5 Å². The second kappa shape index (κ2) is 13.6. The van der Waals surface area contributed by atoms with Gasteiger partial charge < -0.3 is 19.3 Å². The fourth-order valence-electron chi connectivity index (χ4n) is 3.57. The molecular weight excluding hydrogens is 518 g/mol. The van der Waals surface area contributed by atoms with E-state index in [-0.39, 0.29) is 10.7 Å². The van der Waals surface area contributed by atoms with Gasteiger partial charge in [0.05, 0.1) is 26.5 Å². The van der Waals surface area contributed by atoms with Gasteiger partial charge in [0, 0.05) is 34.8 Å². The number of hydrogen-bond acceptors (Lipinski definition) is 7. The van der Waals surface area contributed by atoms with Crippen LogP contribution in [0.2, 0.25) is 0 Å². The maximum absolute atomic E-state index is 14.5. The topological polar surface area (TPSA) is 107 Å². The Kier molecular flexibility index (Phi) is 10.3. The van der Waals surface area contributed by atoms with E-state index in [1.165, 1.54) is 0 Å². The van der Waals surface area contributed by atoms with E-state index in [0.717, 1.165) is 54.5 Å². The number of benzene rings is 2. The number of carboxylic acid groups (broad SMARTS) is 1. The number of anilines is 1. The number of nitrogens with zero attached hydrogens (tertiary/aromatic N) is 1. The lowest BCUT2D eigenvalue weighted by atomic mass is 10.0. The van der Waals surface area contributed by atoms with Crippen LogP contribution < -0.4 is 10.1 Å². The van der Waals surface area contributed by atoms with Crippen LogP contribution in [-0.2, 0) is 20.7 Å². The summed E-state index contributed by atoms with van der Waals surface area (Å²) in [7, 11) is 2.64. The molecule has 0 spiro atoms. The van der Waals surface area contributed by atoms with E-state index in [1.54, 1.807) is 12.5 Å². The first-order valence-electron chi connectivity index (χ1n) is 11.8. The van der Waals surface area contributed by atoms with Gasteiger partial charge in [0.2, 0.25) is 5.76 Å². The van der Waals surface area contributed by atoms with Crippen LogP contribution in [0.1, 0.15) is 41.3 Å². The minimum Gasteiger partial charge on any atom is -0.496 e. The molecule has 0 unspecified atom stereocenters. The van der Waals surface area contributed by atoms with Crippen LogP contribution >= 0.6 is 11.3 Å². The number of thiazole rings is 1. The maximum atomic E-state index is 14.5. The first-order valence-corrected chi connectivity index (χ1v) is 12.7. The van der Waals surface area contributed by atoms with Crippen molar-refractivity contribution in [3.63, 3.8) is 0 Å². The summed E-state index contributed by atoms with van der Waals surface area (Å²) in [6.07, 6.45) is 3.44. The number of aliphatic carboxylic acids is 1. The minimum absolute atomic E-state index is 0.220. The van der Waals surface area contributed by atoms with Crippen molar-refractivity contribution in [2.24, 2.45) is 0 Å². The zero-order chi connectivity index (χ0) is 27.7. The molecule has 0 aliphatic rings. The van der Waals surface area contributed by atoms with Gasteiger partial charge in [0.25, 0.3) is 5.91 Å². The second-order valence-electron chi connectivity index (χ2n) is 8.08. The summed E-state index contributed by atoms with van der Waals surface area (Å²) >= 11 is 1.14. The summed E-state index contributed by atoms with van der Waals surface area (Å²) in [6, 6.07) is 7.31. The summed E-state index contributed by atoms with van der Waals surface area (Å²) in [5.41, 5.74) is 1.32. The highest BCUT2D eigenvalue weighted by Crippen LogP contribution is 2.35. The molecule has 1 amide bonds. The van der Waals surface area contributed by atoms with Gasteiger partial charge in [-0.3, -0.25) is 10.1 Å². The highest BCUT2D eigenvalue weighted by molar-refractivity contribution is 7.14. The molecule has 0 radical (unpaired) electrons. The fourth-order valence-corrected chi connectivity index (χ4v) is 4.28. The molecule has 0 aliphatic heterocycles. The van der Waals surface area contributed by atoms with E-state index in [4.69, 9.17) is 14.6 Å². The molecule has 202 valence electrons. The molecule has 38 heavy (non-hydrogen) atoms. The van der Waals surface area contributed by atoms with Crippen molar-refractivity contribution in [2.75, 3.05) is 32.8 Å². The molecule has 2 aromatic carbocycles. The number of nitrogens with one attached hydrogen (secondary N) is 1. The number of rotatable bonds is 13. The number of carbonyl (C=O) groups excluding carboxylic acids is 1. The predicted octanol–water partition coefficient (Wildman–Crippen LogP) is 5.78. The molecule has 3 rings (SSSR count). The summed E-state index contributed by atoms with van der Waals surface area (Å²) in [4.78, 5) is 28.2. The summed E-state index contributed by atoms with van der Waals surface area (Å²) in [5.74, 6) is -4.51. The van der Waals surface area contributed by atoms with Crippen molar-refractivity contribution < 1.29 is 37.7 Å². The lowest BCUT2D eigenvalue weighted by Gasteiger charge is -2.12. The Balaban J connectivity index is 1.77. The number of halogens is 2. The van der Waals surface area contributed by atoms with Gasteiger partial charge >= 0.3 is 5.97 Å². The largest absolute Gasteiger partial charge is 0.496 e. The smallest absolute Gasteiger partial charge is 0.371 e. The quantitative estimate of drug-likeness (QED) is 0.159. The van der Waals surface area contributed by atoms with Gasteiger partial charge in [-0.15, -0.1) is 11.3 Å². The van der Waals surface area contributed by atoms with E-state index >= 15 is 0 Å². The Labute approximate surface area is 222 Å². The molecule has 1 aromatic heterocycles. The highest BCUT2D eigenvalue weighted by Gasteiger charge is 2.19. The van der Waals surface area contributed by atoms with E-state index in [1.807, 2.05) is 18.2 Å². The summed E-state index contributed by atoms with van der Waals surface area (Å²) < 4.78 is 45.0. The number of amides is 1. The van der Waals surface area contributed by atoms with E-state index in [2.05, 4.69) is 22.0 Å². The van der Waals surface area contributed by atoms with Crippen LogP contribution in [0.4, 0.5) is 13.9 Å². The normalized spacial score (nSPS) is 11.3. The SMILES string of the molecule is CCCCOCCc1cccc(-c2csc(NC(=O)c3cc(F)c(C=C(OC)C(=O)O)c(F)c3)n2)c1OC. The zero-order valence-electron chi connectivity index (χ0n) is 21.2. The summed E-state index contributed by atoms with van der Waals surface area (Å²) in [6.45, 7) is 3.37. The number of para-hydroxylation sites is 1. The Bertz CT molecular complexity index is 1300. The van der Waals surface area contributed by atoms with Gasteiger partial charge in [0.15, 0.2) is 5.13 Å². The van der Waals surface area contributed by atoms with E-state index in [9.17, 15) is 18.4 Å². The van der Waals surface area contributed by atoms with E-state index in [0.29, 0.717) is 37.2 Å². The fraction of sp³-hybridized carbons (Fsp3) is 0.296. The Hall–Kier alpha value is -3.83. The minimum atomic E-state index is -1.49. The van der Waals surface area contributed by atoms with Crippen LogP contribution in [0, 0.1) is 11.6 Å². The van der Waals surface area contributed by atoms with Gasteiger partial charge in [-0.25, -0.2) is 18.6 Å². The Morgan fingerprint density at radius 3 is 2.53 bits per heavy atom. The number of ether oxygens (including phenoxy) is 3. The van der Waals surface area contributed by atoms with Gasteiger partial charge in [0.1, 0.15) is 17.4 Å². The molecule has 1 heterocycles. The standard InChI is InChI=1S/C27H28F2N2O6S/c1-4-5-10-37-11-9-16-7-6-8-18(24(16)36-3)22-15-38-27(30-22)31-25(32)17-12-20(28)19(21(29)13-17)14-23(35-2)26(33)34/h6-8,12-15H,4-5,9-11H2,1-3H3,(H,33,34)(H,30,31,32). The molecule has 0 saturated carbocycles. The van der Waals surface area contributed by atoms with Crippen molar-refractivity contribution in [2.45, 2.75) is 26.2 Å². The molecule has 2 N–H and O–H groups in total. The third-order valence-electron chi connectivity index (χ3n) is 5.51. The van der Waals surface area contributed by atoms with Crippen molar-refractivity contribution in [1.29, 1.82) is 0 Å². The van der Waals surface area contributed by atoms with Crippen molar-refractivity contribution in [1.82, 2.24) is 4.98 Å². The first kappa shape index (κ1) is 28.7. The second-order valence-corrected chi connectivity index (χ2v) is 8.94. The number of methoxy groups -OCH3 is 2. The molecule has 0 bridgehead atoms. The van der Waals surface area contributed by atoms with Gasteiger partial charge in [-0.1, -0.05) is 25.5 Å². The van der Waals surface area contributed by atoms with Crippen molar-refractivity contribution in [3.05, 3.63) is 69.8 Å². The number of aromatic nitrogens is 1. The monoisotopic (exact) mass is 546 g/mol. The van der Waals surface area contributed by atoms with Crippen molar-refractivity contribution >= 4 is 34.4 Å². The molecule has 0 aliphatic carbocycles. The molecule has 0 saturated heterocycles. The van der Waals surface area contributed by atoms with E-state index < -0.39 is 34.8 Å². The lowest BCUT2D eigenvalue weighted by molar-refractivity contribution is -0.135. The predicted molar refractivity (Wildman–Crippen MR) is 140 cm³/mol. The summed E-state index contributed by atoms with van der Waals surface area (Å²) in [5, 5.41) is 13.5. The average molecular weight is 547 g/mol. The van der Waals surface area contributed by atoms with Crippen molar-refractivity contribution in [3.8, 4) is 17.0 Å². The number of unbranched alkanes of at least 4 members (excludes halogenated alkanes) is 1. The Morgan fingerprint density at radius 2 is 1.89 bits per heavy atom.